The largest absolute Gasteiger partial charge is 0.467 e. The molecular formula is C15H19IN6O4S. The molecule has 0 aliphatic rings. The van der Waals surface area contributed by atoms with Crippen LogP contribution in [-0.2, 0) is 10.0 Å². The molecule has 0 spiro atoms. The number of nitrogens with zero attached hydrogens (tertiary/aromatic N) is 4. The molecular weight excluding hydrogens is 487 g/mol. The molecule has 0 saturated heterocycles. The van der Waals surface area contributed by atoms with E-state index < -0.39 is 16.1 Å². The molecule has 146 valence electrons. The summed E-state index contributed by atoms with van der Waals surface area (Å²) in [5.41, 5.74) is 2.64. The number of benzene rings is 1. The van der Waals surface area contributed by atoms with Crippen molar-refractivity contribution in [1.82, 2.24) is 24.8 Å². The van der Waals surface area contributed by atoms with Crippen molar-refractivity contribution in [2.75, 3.05) is 12.4 Å². The van der Waals surface area contributed by atoms with E-state index in [0.717, 1.165) is 0 Å². The van der Waals surface area contributed by atoms with Gasteiger partial charge >= 0.3 is 12.0 Å². The van der Waals surface area contributed by atoms with Crippen molar-refractivity contribution < 1.29 is 17.9 Å². The van der Waals surface area contributed by atoms with Crippen molar-refractivity contribution in [1.29, 1.82) is 0 Å². The topological polar surface area (TPSA) is 126 Å². The molecule has 2 amide bonds. The molecule has 0 bridgehead atoms. The predicted octanol–water partition coefficient (Wildman–Crippen LogP) is 1.93. The van der Waals surface area contributed by atoms with Gasteiger partial charge in [0.25, 0.3) is 10.0 Å². The highest BCUT2D eigenvalue weighted by molar-refractivity contribution is 14.1. The molecule has 0 fully saturated rings. The lowest BCUT2D eigenvalue weighted by atomic mass is 10.4. The number of ether oxygens (including phenoxy) is 1. The highest BCUT2D eigenvalue weighted by atomic mass is 127. The van der Waals surface area contributed by atoms with E-state index in [9.17, 15) is 13.2 Å². The lowest BCUT2D eigenvalue weighted by Crippen LogP contribution is -2.51. The molecule has 1 heterocycles. The number of nitrogens with one attached hydrogen (secondary N) is 2. The molecule has 0 saturated carbocycles. The lowest BCUT2D eigenvalue weighted by Gasteiger charge is -2.25. The molecule has 0 atom stereocenters. The number of aryl methyl sites for hydroxylation is 1. The fourth-order valence-corrected chi connectivity index (χ4v) is 4.57. The minimum atomic E-state index is -4.17. The highest BCUT2D eigenvalue weighted by Crippen LogP contribution is 2.21. The second-order valence-corrected chi connectivity index (χ2v) is 8.52. The molecule has 0 aliphatic carbocycles. The minimum Gasteiger partial charge on any atom is -0.467 e. The third-order valence-corrected chi connectivity index (χ3v) is 6.01. The molecule has 12 heteroatoms. The second kappa shape index (κ2) is 8.75. The fraction of sp³-hybridized carbons (Fsp3) is 0.333. The summed E-state index contributed by atoms with van der Waals surface area (Å²) in [6.07, 6.45) is 0. The average Bonchev–Trinajstić information content (AvgIpc) is 2.58. The van der Waals surface area contributed by atoms with Crippen LogP contribution in [0.25, 0.3) is 0 Å². The minimum absolute atomic E-state index is 0.00151. The van der Waals surface area contributed by atoms with Crippen molar-refractivity contribution in [3.8, 4) is 6.01 Å². The Balaban J connectivity index is 2.40. The monoisotopic (exact) mass is 506 g/mol. The van der Waals surface area contributed by atoms with E-state index in [4.69, 9.17) is 4.74 Å². The third-order valence-electron chi connectivity index (χ3n) is 3.04. The van der Waals surface area contributed by atoms with Gasteiger partial charge in [-0.3, -0.25) is 5.32 Å². The molecule has 0 aliphatic heterocycles. The van der Waals surface area contributed by atoms with Gasteiger partial charge in [0.05, 0.1) is 7.11 Å². The van der Waals surface area contributed by atoms with E-state index in [0.29, 0.717) is 13.8 Å². The van der Waals surface area contributed by atoms with Crippen LogP contribution in [0.3, 0.4) is 0 Å². The number of carbonyl (C=O) groups excluding carboxylic acids is 1. The summed E-state index contributed by atoms with van der Waals surface area (Å²) in [6, 6.07) is 5.06. The van der Waals surface area contributed by atoms with Crippen molar-refractivity contribution in [3.05, 3.63) is 33.7 Å². The van der Waals surface area contributed by atoms with E-state index in [1.807, 2.05) is 22.6 Å². The Labute approximate surface area is 170 Å². The number of sulfonamides is 1. The van der Waals surface area contributed by atoms with Gasteiger partial charge in [0.2, 0.25) is 5.95 Å². The van der Waals surface area contributed by atoms with Gasteiger partial charge in [0.15, 0.2) is 0 Å². The smallest absolute Gasteiger partial charge is 0.353 e. The van der Waals surface area contributed by atoms with E-state index in [1.165, 1.54) is 13.2 Å². The van der Waals surface area contributed by atoms with Crippen LogP contribution < -0.4 is 15.5 Å². The van der Waals surface area contributed by atoms with E-state index in [1.54, 1.807) is 39.0 Å². The maximum Gasteiger partial charge on any atom is 0.353 e. The standard InChI is InChI=1S/C15H19IN6O4S/c1-9(2)21-22(27(24,25)12-8-6-5-7-11(12)16)15(23)20-13-17-10(3)18-14(19-13)26-4/h5-9,21H,1-4H3,(H,17,18,19,20,23). The van der Waals surface area contributed by atoms with Crippen LogP contribution in [0.1, 0.15) is 19.7 Å². The second-order valence-electron chi connectivity index (χ2n) is 5.61. The number of halogens is 1. The summed E-state index contributed by atoms with van der Waals surface area (Å²) in [5, 5.41) is 2.36. The molecule has 27 heavy (non-hydrogen) atoms. The van der Waals surface area contributed by atoms with E-state index >= 15 is 0 Å². The number of anilines is 1. The summed E-state index contributed by atoms with van der Waals surface area (Å²) in [7, 11) is -2.80. The van der Waals surface area contributed by atoms with Gasteiger partial charge in [-0.1, -0.05) is 12.1 Å². The first-order valence-corrected chi connectivity index (χ1v) is 10.3. The summed E-state index contributed by atoms with van der Waals surface area (Å²) in [4.78, 5) is 24.5. The summed E-state index contributed by atoms with van der Waals surface area (Å²) < 4.78 is 32.0. The van der Waals surface area contributed by atoms with Gasteiger partial charge in [-0.25, -0.2) is 10.2 Å². The number of hydrogen-bond acceptors (Lipinski definition) is 8. The van der Waals surface area contributed by atoms with Gasteiger partial charge in [-0.2, -0.15) is 23.4 Å². The van der Waals surface area contributed by atoms with Gasteiger partial charge in [-0.05, 0) is 55.5 Å². The van der Waals surface area contributed by atoms with Gasteiger partial charge in [-0.15, -0.1) is 4.41 Å². The Bertz CT molecular complexity index is 938. The van der Waals surface area contributed by atoms with Crippen LogP contribution in [0, 0.1) is 10.5 Å². The first-order valence-electron chi connectivity index (χ1n) is 7.79. The molecule has 2 rings (SSSR count). The molecule has 1 aromatic heterocycles. The lowest BCUT2D eigenvalue weighted by molar-refractivity contribution is 0.217. The molecule has 0 radical (unpaired) electrons. The first-order chi connectivity index (χ1) is 12.6. The van der Waals surface area contributed by atoms with Crippen LogP contribution >= 0.6 is 22.6 Å². The van der Waals surface area contributed by atoms with E-state index in [2.05, 4.69) is 25.7 Å². The van der Waals surface area contributed by atoms with Crippen LogP contribution in [0.4, 0.5) is 10.7 Å². The number of rotatable bonds is 6. The zero-order valence-corrected chi connectivity index (χ0v) is 18.1. The van der Waals surface area contributed by atoms with Crippen LogP contribution in [-0.4, -0.2) is 47.0 Å². The van der Waals surface area contributed by atoms with Crippen LogP contribution in [0.2, 0.25) is 0 Å². The molecule has 10 nitrogen and oxygen atoms in total. The Kier molecular flexibility index (Phi) is 6.89. The van der Waals surface area contributed by atoms with Crippen LogP contribution in [0.5, 0.6) is 6.01 Å². The van der Waals surface area contributed by atoms with Crippen molar-refractivity contribution >= 4 is 44.6 Å². The number of carbonyl (C=O) groups is 1. The summed E-state index contributed by atoms with van der Waals surface area (Å²) >= 11 is 1.90. The van der Waals surface area contributed by atoms with Gasteiger partial charge in [0, 0.05) is 9.61 Å². The Morgan fingerprint density at radius 1 is 1.22 bits per heavy atom. The summed E-state index contributed by atoms with van der Waals surface area (Å²) in [5.74, 6) is 0.179. The summed E-state index contributed by atoms with van der Waals surface area (Å²) in [6.45, 7) is 5.01. The van der Waals surface area contributed by atoms with Crippen LogP contribution in [0.15, 0.2) is 29.2 Å². The van der Waals surface area contributed by atoms with E-state index in [-0.39, 0.29) is 22.9 Å². The van der Waals surface area contributed by atoms with Gasteiger partial charge in [0.1, 0.15) is 10.7 Å². The Hall–Kier alpha value is -2.06. The average molecular weight is 506 g/mol. The first kappa shape index (κ1) is 21.2. The molecule has 2 aromatic rings. The predicted molar refractivity (Wildman–Crippen MR) is 107 cm³/mol. The van der Waals surface area contributed by atoms with Gasteiger partial charge < -0.3 is 4.74 Å². The molecule has 1 aromatic carbocycles. The molecule has 0 unspecified atom stereocenters. The van der Waals surface area contributed by atoms with Crippen molar-refractivity contribution in [2.45, 2.75) is 31.7 Å². The number of hydrazine groups is 1. The Morgan fingerprint density at radius 3 is 2.48 bits per heavy atom. The van der Waals surface area contributed by atoms with Crippen molar-refractivity contribution in [3.63, 3.8) is 0 Å². The maximum absolute atomic E-state index is 13.0. The number of aromatic nitrogens is 3. The van der Waals surface area contributed by atoms with Crippen molar-refractivity contribution in [2.24, 2.45) is 0 Å². The third kappa shape index (κ3) is 5.23. The molecule has 2 N–H and O–H groups in total. The highest BCUT2D eigenvalue weighted by Gasteiger charge is 2.32. The number of hydrogen-bond donors (Lipinski definition) is 2. The quantitative estimate of drug-likeness (QED) is 0.450. The number of amides is 2. The zero-order valence-electron chi connectivity index (χ0n) is 15.1. The number of methoxy groups -OCH3 is 1. The SMILES string of the molecule is COc1nc(C)nc(NC(=O)N(NC(C)C)S(=O)(=O)c2ccccc2I)n1. The normalized spacial score (nSPS) is 11.3. The number of urea groups is 1. The Morgan fingerprint density at radius 2 is 1.89 bits per heavy atom. The fourth-order valence-electron chi connectivity index (χ4n) is 1.97. The zero-order chi connectivity index (χ0) is 20.2. The maximum atomic E-state index is 13.0.